The lowest BCUT2D eigenvalue weighted by Gasteiger charge is -2.45. The first-order valence-corrected chi connectivity index (χ1v) is 3.69. The molecule has 0 N–H and O–H groups in total. The molecule has 0 heterocycles. The molecule has 1 fully saturated rings. The monoisotopic (exact) mass is 148 g/mol. The zero-order valence-electron chi connectivity index (χ0n) is 6.75. The van der Waals surface area contributed by atoms with E-state index in [1.165, 1.54) is 0 Å². The Bertz CT molecular complexity index is 125. The summed E-state index contributed by atoms with van der Waals surface area (Å²) in [6.45, 7) is 5.09. The third kappa shape index (κ3) is 1.47. The van der Waals surface area contributed by atoms with Crippen molar-refractivity contribution in [3.8, 4) is 0 Å². The highest BCUT2D eigenvalue weighted by atomic mass is 19.3. The lowest BCUT2D eigenvalue weighted by molar-refractivity contribution is -0.113. The first kappa shape index (κ1) is 7.96. The zero-order valence-corrected chi connectivity index (χ0v) is 6.75. The van der Waals surface area contributed by atoms with Gasteiger partial charge in [-0.25, -0.2) is 8.78 Å². The average Bonchev–Trinajstić information content (AvgIpc) is 1.56. The fourth-order valence-corrected chi connectivity index (χ4v) is 1.63. The molecule has 0 saturated heterocycles. The third-order valence-corrected chi connectivity index (χ3v) is 2.31. The maximum absolute atomic E-state index is 12.5. The Morgan fingerprint density at radius 2 is 1.70 bits per heavy atom. The molecule has 1 aliphatic carbocycles. The first-order chi connectivity index (χ1) is 4.31. The summed E-state index contributed by atoms with van der Waals surface area (Å²) in [5.41, 5.74) is 0.171. The van der Waals surface area contributed by atoms with Crippen molar-refractivity contribution in [1.82, 2.24) is 0 Å². The molecule has 60 valence electrons. The summed E-state index contributed by atoms with van der Waals surface area (Å²) in [6, 6.07) is 0. The summed E-state index contributed by atoms with van der Waals surface area (Å²) < 4.78 is 25.0. The molecule has 0 aliphatic heterocycles. The van der Waals surface area contributed by atoms with Gasteiger partial charge in [-0.05, 0) is 25.2 Å². The van der Waals surface area contributed by atoms with Crippen molar-refractivity contribution >= 4 is 0 Å². The van der Waals surface area contributed by atoms with Crippen molar-refractivity contribution in [2.75, 3.05) is 0 Å². The maximum Gasteiger partial charge on any atom is 0.248 e. The minimum atomic E-state index is -2.45. The summed E-state index contributed by atoms with van der Waals surface area (Å²) in [5.74, 6) is -2.81. The van der Waals surface area contributed by atoms with Gasteiger partial charge in [0.05, 0.1) is 0 Å². The van der Waals surface area contributed by atoms with Crippen molar-refractivity contribution in [3.05, 3.63) is 0 Å². The molecule has 0 nitrogen and oxygen atoms in total. The second-order valence-corrected chi connectivity index (χ2v) is 4.23. The molecule has 0 radical (unpaired) electrons. The molecule has 10 heavy (non-hydrogen) atoms. The van der Waals surface area contributed by atoms with Crippen LogP contribution < -0.4 is 0 Å². The van der Waals surface area contributed by atoms with E-state index in [4.69, 9.17) is 0 Å². The molecule has 1 aliphatic rings. The van der Waals surface area contributed by atoms with Gasteiger partial charge in [0.25, 0.3) is 0 Å². The summed E-state index contributed by atoms with van der Waals surface area (Å²) in [6.07, 6.45) is 1.35. The Hall–Kier alpha value is -0.140. The first-order valence-electron chi connectivity index (χ1n) is 3.69. The molecule has 0 aromatic carbocycles. The van der Waals surface area contributed by atoms with Gasteiger partial charge >= 0.3 is 0 Å². The summed E-state index contributed by atoms with van der Waals surface area (Å²) in [7, 11) is 0. The van der Waals surface area contributed by atoms with Crippen molar-refractivity contribution < 1.29 is 8.78 Å². The van der Waals surface area contributed by atoms with Gasteiger partial charge < -0.3 is 0 Å². The van der Waals surface area contributed by atoms with Crippen LogP contribution in [-0.4, -0.2) is 5.92 Å². The number of alkyl halides is 2. The van der Waals surface area contributed by atoms with E-state index in [2.05, 4.69) is 0 Å². The second kappa shape index (κ2) is 1.93. The summed E-state index contributed by atoms with van der Waals surface area (Å²) >= 11 is 0. The highest BCUT2D eigenvalue weighted by Crippen LogP contribution is 2.51. The molecule has 0 atom stereocenters. The lowest BCUT2D eigenvalue weighted by Crippen LogP contribution is -2.41. The fraction of sp³-hybridized carbons (Fsp3) is 1.00. The smallest absolute Gasteiger partial charge is 0.207 e. The van der Waals surface area contributed by atoms with Gasteiger partial charge in [0.2, 0.25) is 5.92 Å². The van der Waals surface area contributed by atoms with Crippen LogP contribution in [0.4, 0.5) is 8.78 Å². The van der Waals surface area contributed by atoms with Crippen LogP contribution in [0, 0.1) is 11.3 Å². The molecule has 0 aromatic heterocycles. The van der Waals surface area contributed by atoms with Crippen molar-refractivity contribution in [3.63, 3.8) is 0 Å². The molecule has 0 unspecified atom stereocenters. The molecule has 0 bridgehead atoms. The topological polar surface area (TPSA) is 0 Å². The van der Waals surface area contributed by atoms with Crippen LogP contribution in [0.25, 0.3) is 0 Å². The van der Waals surface area contributed by atoms with E-state index < -0.39 is 5.92 Å². The number of hydrogen-bond acceptors (Lipinski definition) is 0. The Morgan fingerprint density at radius 1 is 1.30 bits per heavy atom. The number of halogens is 2. The van der Waals surface area contributed by atoms with Gasteiger partial charge in [-0.2, -0.15) is 0 Å². The molecule has 1 saturated carbocycles. The fourth-order valence-electron chi connectivity index (χ4n) is 1.63. The predicted molar refractivity (Wildman–Crippen MR) is 37.1 cm³/mol. The Morgan fingerprint density at radius 3 is 1.80 bits per heavy atom. The highest BCUT2D eigenvalue weighted by Gasteiger charge is 2.47. The molecular weight excluding hydrogens is 134 g/mol. The van der Waals surface area contributed by atoms with E-state index in [9.17, 15) is 8.78 Å². The largest absolute Gasteiger partial charge is 0.248 e. The van der Waals surface area contributed by atoms with E-state index in [0.717, 1.165) is 6.92 Å². The minimum Gasteiger partial charge on any atom is -0.207 e. The number of rotatable bonds is 1. The van der Waals surface area contributed by atoms with E-state index >= 15 is 0 Å². The highest BCUT2D eigenvalue weighted by molar-refractivity contribution is 4.92. The SMILES string of the molecule is CC1(C)CC(C(C)(F)F)C1. The van der Waals surface area contributed by atoms with Crippen LogP contribution in [0.2, 0.25) is 0 Å². The lowest BCUT2D eigenvalue weighted by atomic mass is 9.62. The van der Waals surface area contributed by atoms with Crippen LogP contribution in [0.3, 0.4) is 0 Å². The molecule has 0 spiro atoms. The maximum atomic E-state index is 12.5. The van der Waals surface area contributed by atoms with E-state index in [0.29, 0.717) is 12.8 Å². The summed E-state index contributed by atoms with van der Waals surface area (Å²) in [4.78, 5) is 0. The van der Waals surface area contributed by atoms with Crippen LogP contribution in [-0.2, 0) is 0 Å². The normalized spacial score (nSPS) is 26.1. The van der Waals surface area contributed by atoms with Crippen LogP contribution in [0.1, 0.15) is 33.6 Å². The standard InChI is InChI=1S/C8H14F2/c1-7(2)4-6(5-7)8(3,9)10/h6H,4-5H2,1-3H3. The molecular formula is C8H14F2. The van der Waals surface area contributed by atoms with Gasteiger partial charge in [0.1, 0.15) is 0 Å². The van der Waals surface area contributed by atoms with Gasteiger partial charge in [0.15, 0.2) is 0 Å². The molecule has 2 heteroatoms. The van der Waals surface area contributed by atoms with Crippen molar-refractivity contribution in [2.24, 2.45) is 11.3 Å². The Kier molecular flexibility index (Phi) is 1.53. The Balaban J connectivity index is 2.40. The Labute approximate surface area is 60.6 Å². The zero-order chi connectivity index (χ0) is 7.99. The van der Waals surface area contributed by atoms with Gasteiger partial charge in [0, 0.05) is 5.92 Å². The van der Waals surface area contributed by atoms with E-state index in [1.807, 2.05) is 13.8 Å². The van der Waals surface area contributed by atoms with Crippen molar-refractivity contribution in [1.29, 1.82) is 0 Å². The van der Waals surface area contributed by atoms with Crippen LogP contribution in [0.5, 0.6) is 0 Å². The average molecular weight is 148 g/mol. The van der Waals surface area contributed by atoms with E-state index in [1.54, 1.807) is 0 Å². The predicted octanol–water partition coefficient (Wildman–Crippen LogP) is 3.08. The minimum absolute atomic E-state index is 0.171. The van der Waals surface area contributed by atoms with Crippen molar-refractivity contribution in [2.45, 2.75) is 39.5 Å². The second-order valence-electron chi connectivity index (χ2n) is 4.23. The van der Waals surface area contributed by atoms with Crippen LogP contribution >= 0.6 is 0 Å². The quantitative estimate of drug-likeness (QED) is 0.536. The molecule has 0 aromatic rings. The molecule has 1 rings (SSSR count). The molecule has 0 amide bonds. The number of hydrogen-bond donors (Lipinski definition) is 0. The van der Waals surface area contributed by atoms with Gasteiger partial charge in [-0.3, -0.25) is 0 Å². The third-order valence-electron chi connectivity index (χ3n) is 2.31. The van der Waals surface area contributed by atoms with E-state index in [-0.39, 0.29) is 11.3 Å². The van der Waals surface area contributed by atoms with Gasteiger partial charge in [-0.1, -0.05) is 13.8 Å². The summed E-state index contributed by atoms with van der Waals surface area (Å²) in [5, 5.41) is 0. The van der Waals surface area contributed by atoms with Crippen LogP contribution in [0.15, 0.2) is 0 Å². The van der Waals surface area contributed by atoms with Gasteiger partial charge in [-0.15, -0.1) is 0 Å².